The van der Waals surface area contributed by atoms with Crippen molar-refractivity contribution in [1.82, 2.24) is 0 Å². The monoisotopic (exact) mass is 380 g/mol. The van der Waals surface area contributed by atoms with Gasteiger partial charge in [0, 0.05) is 12.0 Å². The Kier molecular flexibility index (Phi) is 5.34. The normalized spacial score (nSPS) is 13.6. The Morgan fingerprint density at radius 1 is 1.00 bits per heavy atom. The van der Waals surface area contributed by atoms with Gasteiger partial charge >= 0.3 is 12.1 Å². The highest BCUT2D eigenvalue weighted by molar-refractivity contribution is 6.00. The van der Waals surface area contributed by atoms with Crippen LogP contribution >= 0.6 is 0 Å². The standard InChI is InChI=1S/C19H15F3O5/c20-19(21,22)14-5-2-1-4-13(14)18(24)27-11-15(23)12-6-7-16-17(10-12)26-9-3-8-25-16/h1-2,4-7,10H,3,8-9,11H2. The zero-order valence-corrected chi connectivity index (χ0v) is 14.0. The zero-order chi connectivity index (χ0) is 19.4. The van der Waals surface area contributed by atoms with E-state index >= 15 is 0 Å². The summed E-state index contributed by atoms with van der Waals surface area (Å²) in [6.45, 7) is 0.245. The predicted octanol–water partition coefficient (Wildman–Crippen LogP) is 3.91. The molecule has 27 heavy (non-hydrogen) atoms. The quantitative estimate of drug-likeness (QED) is 0.595. The molecule has 2 aromatic rings. The van der Waals surface area contributed by atoms with E-state index in [4.69, 9.17) is 14.2 Å². The molecule has 0 aliphatic carbocycles. The van der Waals surface area contributed by atoms with Gasteiger partial charge in [0.25, 0.3) is 0 Å². The number of ether oxygens (including phenoxy) is 3. The third-order valence-electron chi connectivity index (χ3n) is 3.86. The maximum absolute atomic E-state index is 13.0. The summed E-state index contributed by atoms with van der Waals surface area (Å²) in [5, 5.41) is 0. The minimum absolute atomic E-state index is 0.205. The average molecular weight is 380 g/mol. The maximum atomic E-state index is 13.0. The number of alkyl halides is 3. The molecule has 0 atom stereocenters. The van der Waals surface area contributed by atoms with Gasteiger partial charge in [0.05, 0.1) is 24.3 Å². The molecule has 0 bridgehead atoms. The van der Waals surface area contributed by atoms with E-state index in [1.54, 1.807) is 6.07 Å². The first-order valence-electron chi connectivity index (χ1n) is 8.12. The molecule has 0 saturated heterocycles. The molecule has 0 N–H and O–H groups in total. The molecule has 2 aromatic carbocycles. The molecule has 0 amide bonds. The Bertz CT molecular complexity index is 861. The summed E-state index contributed by atoms with van der Waals surface area (Å²) in [6, 6.07) is 8.74. The van der Waals surface area contributed by atoms with Gasteiger partial charge in [-0.25, -0.2) is 4.79 Å². The van der Waals surface area contributed by atoms with Crippen LogP contribution in [0.1, 0.15) is 32.7 Å². The van der Waals surface area contributed by atoms with E-state index in [0.717, 1.165) is 12.1 Å². The highest BCUT2D eigenvalue weighted by Crippen LogP contribution is 2.32. The number of Topliss-reactive ketones (excluding diaryl/α,β-unsaturated/α-hetero) is 1. The third kappa shape index (κ3) is 4.39. The van der Waals surface area contributed by atoms with Gasteiger partial charge in [-0.2, -0.15) is 13.2 Å². The van der Waals surface area contributed by atoms with Gasteiger partial charge in [0.1, 0.15) is 0 Å². The van der Waals surface area contributed by atoms with E-state index in [0.29, 0.717) is 31.1 Å². The Morgan fingerprint density at radius 2 is 1.70 bits per heavy atom. The van der Waals surface area contributed by atoms with Gasteiger partial charge in [0.2, 0.25) is 0 Å². The van der Waals surface area contributed by atoms with E-state index in [1.807, 2.05) is 0 Å². The minimum Gasteiger partial charge on any atom is -0.490 e. The summed E-state index contributed by atoms with van der Waals surface area (Å²) in [5.74, 6) is -0.888. The molecule has 1 heterocycles. The van der Waals surface area contributed by atoms with Crippen LogP contribution in [0.5, 0.6) is 11.5 Å². The predicted molar refractivity (Wildman–Crippen MR) is 88.1 cm³/mol. The molecule has 0 spiro atoms. The number of benzene rings is 2. The highest BCUT2D eigenvalue weighted by Gasteiger charge is 2.35. The lowest BCUT2D eigenvalue weighted by Gasteiger charge is -2.12. The number of ketones is 1. The minimum atomic E-state index is -4.70. The van der Waals surface area contributed by atoms with Gasteiger partial charge in [-0.3, -0.25) is 4.79 Å². The number of fused-ring (bicyclic) bond motifs is 1. The molecule has 142 valence electrons. The van der Waals surface area contributed by atoms with Crippen molar-refractivity contribution in [3.8, 4) is 11.5 Å². The second-order valence-electron chi connectivity index (χ2n) is 5.75. The number of halogens is 3. The molecule has 0 fully saturated rings. The van der Waals surface area contributed by atoms with E-state index in [1.165, 1.54) is 24.3 Å². The molecule has 3 rings (SSSR count). The number of carbonyl (C=O) groups is 2. The van der Waals surface area contributed by atoms with Crippen LogP contribution in [-0.2, 0) is 10.9 Å². The second kappa shape index (κ2) is 7.69. The Morgan fingerprint density at radius 3 is 2.44 bits per heavy atom. The van der Waals surface area contributed by atoms with Crippen LogP contribution in [0.2, 0.25) is 0 Å². The Balaban J connectivity index is 1.70. The maximum Gasteiger partial charge on any atom is 0.417 e. The van der Waals surface area contributed by atoms with Crippen molar-refractivity contribution in [2.45, 2.75) is 12.6 Å². The van der Waals surface area contributed by atoms with Crippen molar-refractivity contribution in [3.63, 3.8) is 0 Å². The lowest BCUT2D eigenvalue weighted by Crippen LogP contribution is -2.18. The van der Waals surface area contributed by atoms with Gasteiger partial charge in [-0.1, -0.05) is 12.1 Å². The van der Waals surface area contributed by atoms with Crippen molar-refractivity contribution in [2.24, 2.45) is 0 Å². The van der Waals surface area contributed by atoms with Crippen LogP contribution in [0.25, 0.3) is 0 Å². The molecule has 0 unspecified atom stereocenters. The van der Waals surface area contributed by atoms with Crippen LogP contribution < -0.4 is 9.47 Å². The summed E-state index contributed by atoms with van der Waals surface area (Å²) in [5.41, 5.74) is -1.55. The first-order valence-corrected chi connectivity index (χ1v) is 8.12. The Hall–Kier alpha value is -3.03. The van der Waals surface area contributed by atoms with Crippen LogP contribution in [0, 0.1) is 0 Å². The van der Waals surface area contributed by atoms with Gasteiger partial charge in [-0.15, -0.1) is 0 Å². The molecule has 1 aliphatic rings. The SMILES string of the molecule is O=C(COC(=O)c1ccccc1C(F)(F)F)c1ccc2c(c1)OCCCO2. The smallest absolute Gasteiger partial charge is 0.417 e. The van der Waals surface area contributed by atoms with Crippen LogP contribution in [-0.4, -0.2) is 31.6 Å². The summed E-state index contributed by atoms with van der Waals surface area (Å²) in [7, 11) is 0. The van der Waals surface area contributed by atoms with Crippen molar-refractivity contribution in [3.05, 3.63) is 59.2 Å². The molecule has 1 aliphatic heterocycles. The van der Waals surface area contributed by atoms with Gasteiger partial charge in [0.15, 0.2) is 23.9 Å². The fourth-order valence-corrected chi connectivity index (χ4v) is 2.54. The number of hydrogen-bond donors (Lipinski definition) is 0. The second-order valence-corrected chi connectivity index (χ2v) is 5.75. The van der Waals surface area contributed by atoms with Gasteiger partial charge in [-0.05, 0) is 30.3 Å². The van der Waals surface area contributed by atoms with Gasteiger partial charge < -0.3 is 14.2 Å². The Labute approximate surface area is 152 Å². The number of esters is 1. The van der Waals surface area contributed by atoms with Crippen LogP contribution in [0.15, 0.2) is 42.5 Å². The van der Waals surface area contributed by atoms with Crippen molar-refractivity contribution in [1.29, 1.82) is 0 Å². The molecule has 0 saturated carbocycles. The number of hydrogen-bond acceptors (Lipinski definition) is 5. The van der Waals surface area contributed by atoms with Crippen molar-refractivity contribution >= 4 is 11.8 Å². The topological polar surface area (TPSA) is 61.8 Å². The molecule has 8 heteroatoms. The van der Waals surface area contributed by atoms with Crippen LogP contribution in [0.4, 0.5) is 13.2 Å². The molecule has 0 aromatic heterocycles. The molecular weight excluding hydrogens is 365 g/mol. The zero-order valence-electron chi connectivity index (χ0n) is 14.0. The van der Waals surface area contributed by atoms with Crippen molar-refractivity contribution in [2.75, 3.05) is 19.8 Å². The van der Waals surface area contributed by atoms with Crippen LogP contribution in [0.3, 0.4) is 0 Å². The first kappa shape index (κ1) is 18.8. The summed E-state index contributed by atoms with van der Waals surface area (Å²) < 4.78 is 54.6. The molecule has 0 radical (unpaired) electrons. The largest absolute Gasteiger partial charge is 0.490 e. The third-order valence-corrected chi connectivity index (χ3v) is 3.86. The molecule has 5 nitrogen and oxygen atoms in total. The lowest BCUT2D eigenvalue weighted by atomic mass is 10.1. The fourth-order valence-electron chi connectivity index (χ4n) is 2.54. The summed E-state index contributed by atoms with van der Waals surface area (Å²) >= 11 is 0. The fraction of sp³-hybridized carbons (Fsp3) is 0.263. The summed E-state index contributed by atoms with van der Waals surface area (Å²) in [6.07, 6.45) is -4.00. The highest BCUT2D eigenvalue weighted by atomic mass is 19.4. The summed E-state index contributed by atoms with van der Waals surface area (Å²) in [4.78, 5) is 24.2. The van der Waals surface area contributed by atoms with E-state index < -0.39 is 35.7 Å². The molecular formula is C19H15F3O5. The van der Waals surface area contributed by atoms with Crippen molar-refractivity contribution < 1.29 is 37.0 Å². The number of rotatable bonds is 4. The average Bonchev–Trinajstić information content (AvgIpc) is 2.89. The van der Waals surface area contributed by atoms with E-state index in [9.17, 15) is 22.8 Å². The number of carbonyl (C=O) groups excluding carboxylic acids is 2. The van der Waals surface area contributed by atoms with E-state index in [2.05, 4.69) is 0 Å². The lowest BCUT2D eigenvalue weighted by molar-refractivity contribution is -0.138. The first-order chi connectivity index (χ1) is 12.9. The van der Waals surface area contributed by atoms with E-state index in [-0.39, 0.29) is 5.56 Å².